The lowest BCUT2D eigenvalue weighted by Gasteiger charge is -2.29. The Morgan fingerprint density at radius 1 is 1.22 bits per heavy atom. The lowest BCUT2D eigenvalue weighted by Crippen LogP contribution is -2.39. The molecule has 1 saturated carbocycles. The highest BCUT2D eigenvalue weighted by Crippen LogP contribution is 2.56. The number of thiophene rings is 2. The van der Waals surface area contributed by atoms with Gasteiger partial charge in [0.2, 0.25) is 0 Å². The second-order valence-electron chi connectivity index (χ2n) is 6.41. The molecule has 2 aromatic heterocycles. The quantitative estimate of drug-likeness (QED) is 0.884. The van der Waals surface area contributed by atoms with Gasteiger partial charge in [-0.15, -0.1) is 12.4 Å². The summed E-state index contributed by atoms with van der Waals surface area (Å²) >= 11 is 3.30. The van der Waals surface area contributed by atoms with Crippen molar-refractivity contribution in [2.24, 2.45) is 5.41 Å². The van der Waals surface area contributed by atoms with Crippen LogP contribution in [0.5, 0.6) is 0 Å². The minimum atomic E-state index is 0. The molecule has 2 fully saturated rings. The second-order valence-corrected chi connectivity index (χ2v) is 7.97. The zero-order valence-corrected chi connectivity index (χ0v) is 15.3. The maximum Gasteiger partial charge on any atom is 0.255 e. The van der Waals surface area contributed by atoms with Crippen molar-refractivity contribution in [3.05, 3.63) is 44.8 Å². The van der Waals surface area contributed by atoms with Gasteiger partial charge in [0.05, 0.1) is 5.56 Å². The van der Waals surface area contributed by atoms with Crippen LogP contribution in [-0.4, -0.2) is 29.9 Å². The van der Waals surface area contributed by atoms with Gasteiger partial charge in [-0.2, -0.15) is 22.7 Å². The topological polar surface area (TPSA) is 32.3 Å². The summed E-state index contributed by atoms with van der Waals surface area (Å²) in [6.07, 6.45) is 3.58. The summed E-state index contributed by atoms with van der Waals surface area (Å²) in [5.41, 5.74) is 2.48. The Bertz CT molecular complexity index is 636. The fourth-order valence-electron chi connectivity index (χ4n) is 3.68. The van der Waals surface area contributed by atoms with Crippen LogP contribution in [-0.2, 0) is 6.54 Å². The van der Waals surface area contributed by atoms with Gasteiger partial charge in [-0.05, 0) is 71.6 Å². The van der Waals surface area contributed by atoms with E-state index in [1.807, 2.05) is 16.8 Å². The smallest absolute Gasteiger partial charge is 0.255 e. The van der Waals surface area contributed by atoms with E-state index >= 15 is 0 Å². The standard InChI is InChI=1S/C17H20N2OS2.ClH/c20-16(14-2-8-22-12-14)19(10-13-1-7-21-11-13)15-9-17(15)3-5-18-6-4-17;/h1-2,7-8,11-12,15,18H,3-6,9-10H2;1H. The van der Waals surface area contributed by atoms with Crippen molar-refractivity contribution < 1.29 is 4.79 Å². The van der Waals surface area contributed by atoms with Gasteiger partial charge in [0.25, 0.3) is 5.91 Å². The van der Waals surface area contributed by atoms with Crippen LogP contribution < -0.4 is 5.32 Å². The number of hydrogen-bond donors (Lipinski definition) is 1. The van der Waals surface area contributed by atoms with Crippen LogP contribution in [0.15, 0.2) is 33.7 Å². The Labute approximate surface area is 151 Å². The molecule has 1 amide bonds. The molecular weight excluding hydrogens is 348 g/mol. The normalized spacial score (nSPS) is 21.7. The highest BCUT2D eigenvalue weighted by atomic mass is 35.5. The zero-order valence-electron chi connectivity index (χ0n) is 12.9. The predicted octanol–water partition coefficient (Wildman–Crippen LogP) is 4.02. The number of piperidine rings is 1. The van der Waals surface area contributed by atoms with E-state index in [1.54, 1.807) is 22.7 Å². The molecule has 4 rings (SSSR count). The monoisotopic (exact) mass is 368 g/mol. The highest BCUT2D eigenvalue weighted by Gasteiger charge is 2.57. The Morgan fingerprint density at radius 3 is 2.61 bits per heavy atom. The molecule has 1 spiro atoms. The molecule has 1 atom stereocenters. The average molecular weight is 369 g/mol. The summed E-state index contributed by atoms with van der Waals surface area (Å²) in [4.78, 5) is 15.1. The van der Waals surface area contributed by atoms with Crippen molar-refractivity contribution in [2.75, 3.05) is 13.1 Å². The first-order valence-corrected chi connectivity index (χ1v) is 9.72. The third kappa shape index (κ3) is 3.33. The lowest BCUT2D eigenvalue weighted by molar-refractivity contribution is 0.0693. The summed E-state index contributed by atoms with van der Waals surface area (Å²) in [7, 11) is 0. The number of amides is 1. The molecule has 0 radical (unpaired) electrons. The minimum absolute atomic E-state index is 0. The van der Waals surface area contributed by atoms with E-state index in [0.717, 1.165) is 25.2 Å². The van der Waals surface area contributed by atoms with Gasteiger partial charge in [-0.1, -0.05) is 0 Å². The molecule has 124 valence electrons. The molecule has 1 unspecified atom stereocenters. The van der Waals surface area contributed by atoms with E-state index in [1.165, 1.54) is 24.8 Å². The number of halogens is 1. The molecule has 6 heteroatoms. The van der Waals surface area contributed by atoms with Gasteiger partial charge in [0.1, 0.15) is 0 Å². The average Bonchev–Trinajstić information content (AvgIpc) is 3.02. The minimum Gasteiger partial charge on any atom is -0.331 e. The van der Waals surface area contributed by atoms with Crippen molar-refractivity contribution in [1.82, 2.24) is 10.2 Å². The van der Waals surface area contributed by atoms with E-state index in [4.69, 9.17) is 0 Å². The molecule has 23 heavy (non-hydrogen) atoms. The first kappa shape index (κ1) is 17.0. The van der Waals surface area contributed by atoms with Gasteiger partial charge in [0.15, 0.2) is 0 Å². The number of carbonyl (C=O) groups excluding carboxylic acids is 1. The van der Waals surface area contributed by atoms with Crippen LogP contribution in [0, 0.1) is 5.41 Å². The van der Waals surface area contributed by atoms with Gasteiger partial charge >= 0.3 is 0 Å². The molecule has 3 nitrogen and oxygen atoms in total. The van der Waals surface area contributed by atoms with E-state index in [0.29, 0.717) is 11.5 Å². The molecule has 2 aliphatic rings. The molecule has 1 aliphatic carbocycles. The third-order valence-electron chi connectivity index (χ3n) is 5.08. The van der Waals surface area contributed by atoms with Crippen LogP contribution in [0.25, 0.3) is 0 Å². The fraction of sp³-hybridized carbons (Fsp3) is 0.471. The van der Waals surface area contributed by atoms with Crippen LogP contribution in [0.3, 0.4) is 0 Å². The Hall–Kier alpha value is -0.880. The number of carbonyl (C=O) groups is 1. The van der Waals surface area contributed by atoms with Gasteiger partial charge in [0, 0.05) is 18.0 Å². The Kier molecular flexibility index (Phi) is 5.11. The molecule has 1 saturated heterocycles. The molecule has 1 aliphatic heterocycles. The van der Waals surface area contributed by atoms with Crippen molar-refractivity contribution >= 4 is 41.0 Å². The molecule has 1 N–H and O–H groups in total. The molecule has 3 heterocycles. The van der Waals surface area contributed by atoms with Crippen molar-refractivity contribution in [2.45, 2.75) is 31.8 Å². The van der Waals surface area contributed by atoms with E-state index < -0.39 is 0 Å². The van der Waals surface area contributed by atoms with Gasteiger partial charge in [-0.3, -0.25) is 4.79 Å². The van der Waals surface area contributed by atoms with E-state index in [-0.39, 0.29) is 18.3 Å². The van der Waals surface area contributed by atoms with Gasteiger partial charge < -0.3 is 10.2 Å². The maximum absolute atomic E-state index is 13.0. The lowest BCUT2D eigenvalue weighted by atomic mass is 9.93. The first-order valence-electron chi connectivity index (χ1n) is 7.83. The maximum atomic E-state index is 13.0. The zero-order chi connectivity index (χ0) is 15.0. The summed E-state index contributed by atoms with van der Waals surface area (Å²) in [6, 6.07) is 4.50. The summed E-state index contributed by atoms with van der Waals surface area (Å²) < 4.78 is 0. The van der Waals surface area contributed by atoms with Crippen LogP contribution in [0.4, 0.5) is 0 Å². The second kappa shape index (κ2) is 6.93. The number of hydrogen-bond acceptors (Lipinski definition) is 4. The molecule has 0 bridgehead atoms. The van der Waals surface area contributed by atoms with E-state index in [9.17, 15) is 4.79 Å². The Balaban J connectivity index is 0.00000156. The largest absolute Gasteiger partial charge is 0.331 e. The van der Waals surface area contributed by atoms with Crippen LogP contribution in [0.2, 0.25) is 0 Å². The summed E-state index contributed by atoms with van der Waals surface area (Å²) in [5, 5.41) is 11.7. The third-order valence-corrected chi connectivity index (χ3v) is 6.50. The molecule has 0 aromatic carbocycles. The number of rotatable bonds is 4. The van der Waals surface area contributed by atoms with Gasteiger partial charge in [-0.25, -0.2) is 0 Å². The number of nitrogens with one attached hydrogen (secondary N) is 1. The SMILES string of the molecule is Cl.O=C(c1ccsc1)N(Cc1ccsc1)C1CC12CCNCC2. The first-order chi connectivity index (χ1) is 10.8. The fourth-order valence-corrected chi connectivity index (χ4v) is 4.97. The number of nitrogens with zero attached hydrogens (tertiary/aromatic N) is 1. The van der Waals surface area contributed by atoms with Crippen LogP contribution in [0.1, 0.15) is 35.2 Å². The Morgan fingerprint density at radius 2 is 1.96 bits per heavy atom. The molecular formula is C17H21ClN2OS2. The van der Waals surface area contributed by atoms with Crippen molar-refractivity contribution in [1.29, 1.82) is 0 Å². The molecule has 2 aromatic rings. The highest BCUT2D eigenvalue weighted by molar-refractivity contribution is 7.08. The van der Waals surface area contributed by atoms with Crippen molar-refractivity contribution in [3.8, 4) is 0 Å². The van der Waals surface area contributed by atoms with Crippen molar-refractivity contribution in [3.63, 3.8) is 0 Å². The van der Waals surface area contributed by atoms with E-state index in [2.05, 4.69) is 27.0 Å². The van der Waals surface area contributed by atoms with Crippen LogP contribution >= 0.6 is 35.1 Å². The predicted molar refractivity (Wildman–Crippen MR) is 98.7 cm³/mol. The summed E-state index contributed by atoms with van der Waals surface area (Å²) in [6.45, 7) is 2.93. The summed E-state index contributed by atoms with van der Waals surface area (Å²) in [5.74, 6) is 0.202.